The molecule has 0 aromatic rings. The predicted molar refractivity (Wildman–Crippen MR) is 137 cm³/mol. The summed E-state index contributed by atoms with van der Waals surface area (Å²) in [7, 11) is 0. The van der Waals surface area contributed by atoms with Crippen molar-refractivity contribution in [3.8, 4) is 0 Å². The normalized spacial score (nSPS) is 28.5. The third-order valence-corrected chi connectivity index (χ3v) is 7.23. The van der Waals surface area contributed by atoms with Crippen molar-refractivity contribution in [2.45, 2.75) is 73.3 Å². The zero-order chi connectivity index (χ0) is 22.8. The molecule has 0 aromatic carbocycles. The summed E-state index contributed by atoms with van der Waals surface area (Å²) >= 11 is 12.5. The van der Waals surface area contributed by atoms with Crippen LogP contribution in [-0.2, 0) is 0 Å². The maximum absolute atomic E-state index is 6.27. The summed E-state index contributed by atoms with van der Waals surface area (Å²) in [5, 5.41) is 1.64. The molecule has 0 amide bonds. The second-order valence-electron chi connectivity index (χ2n) is 11.6. The van der Waals surface area contributed by atoms with Crippen molar-refractivity contribution >= 4 is 29.4 Å². The fourth-order valence-electron chi connectivity index (χ4n) is 4.79. The van der Waals surface area contributed by atoms with Gasteiger partial charge >= 0.3 is 0 Å². The average molecular weight is 464 g/mol. The Morgan fingerprint density at radius 2 is 1.77 bits per heavy atom. The molecule has 0 aromatic heterocycles. The van der Waals surface area contributed by atoms with Gasteiger partial charge in [-0.05, 0) is 60.6 Å². The molecule has 2 aliphatic carbocycles. The molecule has 2 nitrogen and oxygen atoms in total. The number of aliphatic imine (C=N–C) groups is 1. The Labute approximate surface area is 200 Å². The van der Waals surface area contributed by atoms with Crippen LogP contribution in [-0.4, -0.2) is 36.8 Å². The van der Waals surface area contributed by atoms with Crippen LogP contribution < -0.4 is 0 Å². The first-order valence-corrected chi connectivity index (χ1v) is 12.6. The molecule has 0 bridgehead atoms. The van der Waals surface area contributed by atoms with Crippen molar-refractivity contribution in [2.75, 3.05) is 19.6 Å². The highest BCUT2D eigenvalue weighted by atomic mass is 35.5. The average Bonchev–Trinajstić information content (AvgIpc) is 3.06. The van der Waals surface area contributed by atoms with Crippen LogP contribution in [0.3, 0.4) is 0 Å². The van der Waals surface area contributed by atoms with Gasteiger partial charge < -0.3 is 0 Å². The Balaban J connectivity index is 1.62. The Bertz CT molecular complexity index is 802. The van der Waals surface area contributed by atoms with E-state index in [-0.39, 0.29) is 10.8 Å². The minimum atomic E-state index is 0.162. The van der Waals surface area contributed by atoms with E-state index >= 15 is 0 Å². The van der Waals surface area contributed by atoms with Crippen molar-refractivity contribution in [2.24, 2.45) is 27.7 Å². The SMILES string of the molecule is CC(C)(C)C1=CC(C=NCC2CCCN2CC2C=C(Cl)C=C(Cl)C2)CC(C(C)(C)C)=C1. The summed E-state index contributed by atoms with van der Waals surface area (Å²) in [6.45, 7) is 16.9. The Morgan fingerprint density at radius 1 is 1.03 bits per heavy atom. The number of halogens is 2. The topological polar surface area (TPSA) is 15.6 Å². The molecule has 31 heavy (non-hydrogen) atoms. The Hall–Kier alpha value is -0.830. The zero-order valence-electron chi connectivity index (χ0n) is 20.2. The first-order valence-electron chi connectivity index (χ1n) is 11.8. The van der Waals surface area contributed by atoms with Crippen molar-refractivity contribution in [1.82, 2.24) is 4.90 Å². The first kappa shape index (κ1) is 24.8. The zero-order valence-corrected chi connectivity index (χ0v) is 21.7. The standard InChI is InChI=1S/C27H40Cl2N2/c1-26(2,3)21-10-19(11-22(14-21)27(4,5)6)16-30-17-25-8-7-9-31(25)18-20-12-23(28)15-24(29)13-20/h10,12,14-16,19-20,25H,7-9,11,13,17-18H2,1-6H3. The fraction of sp³-hybridized carbons (Fsp3) is 0.667. The molecule has 3 aliphatic rings. The van der Waals surface area contributed by atoms with E-state index in [1.54, 1.807) is 0 Å². The van der Waals surface area contributed by atoms with Gasteiger partial charge in [-0.1, -0.05) is 88.5 Å². The predicted octanol–water partition coefficient (Wildman–Crippen LogP) is 7.75. The van der Waals surface area contributed by atoms with Gasteiger partial charge in [0.05, 0.1) is 6.54 Å². The number of nitrogens with zero attached hydrogens (tertiary/aromatic N) is 2. The molecule has 3 rings (SSSR count). The van der Waals surface area contributed by atoms with Crippen molar-refractivity contribution in [3.05, 3.63) is 45.5 Å². The molecule has 3 unspecified atom stereocenters. The largest absolute Gasteiger partial charge is 0.298 e. The lowest BCUT2D eigenvalue weighted by molar-refractivity contribution is 0.234. The summed E-state index contributed by atoms with van der Waals surface area (Å²) < 4.78 is 0. The molecule has 1 saturated heterocycles. The van der Waals surface area contributed by atoms with Gasteiger partial charge in [0, 0.05) is 34.8 Å². The van der Waals surface area contributed by atoms with Crippen LogP contribution in [0, 0.1) is 22.7 Å². The summed E-state index contributed by atoms with van der Waals surface area (Å²) in [5.41, 5.74) is 3.33. The van der Waals surface area contributed by atoms with Gasteiger partial charge in [0.15, 0.2) is 0 Å². The molecule has 172 valence electrons. The van der Waals surface area contributed by atoms with Gasteiger partial charge in [-0.25, -0.2) is 0 Å². The molecule has 1 aliphatic heterocycles. The summed E-state index contributed by atoms with van der Waals surface area (Å²) in [4.78, 5) is 7.56. The van der Waals surface area contributed by atoms with Crippen molar-refractivity contribution < 1.29 is 0 Å². The summed E-state index contributed by atoms with van der Waals surface area (Å²) in [6, 6.07) is 0.528. The third kappa shape index (κ3) is 7.07. The number of rotatable bonds is 5. The molecule has 0 radical (unpaired) electrons. The van der Waals surface area contributed by atoms with E-state index in [1.165, 1.54) is 24.0 Å². The van der Waals surface area contributed by atoms with Gasteiger partial charge in [0.25, 0.3) is 0 Å². The summed E-state index contributed by atoms with van der Waals surface area (Å²) in [6.07, 6.45) is 15.6. The minimum absolute atomic E-state index is 0.162. The van der Waals surface area contributed by atoms with E-state index in [2.05, 4.69) is 70.9 Å². The van der Waals surface area contributed by atoms with E-state index in [0.717, 1.165) is 42.5 Å². The highest BCUT2D eigenvalue weighted by Crippen LogP contribution is 2.40. The van der Waals surface area contributed by atoms with Crippen LogP contribution in [0.4, 0.5) is 0 Å². The van der Waals surface area contributed by atoms with E-state index < -0.39 is 0 Å². The van der Waals surface area contributed by atoms with Crippen LogP contribution in [0.25, 0.3) is 0 Å². The summed E-state index contributed by atoms with van der Waals surface area (Å²) in [5.74, 6) is 0.803. The quantitative estimate of drug-likeness (QED) is 0.381. The van der Waals surface area contributed by atoms with Crippen molar-refractivity contribution in [3.63, 3.8) is 0 Å². The van der Waals surface area contributed by atoms with Gasteiger partial charge in [0.1, 0.15) is 0 Å². The Kier molecular flexibility index (Phi) is 7.98. The van der Waals surface area contributed by atoms with Crippen molar-refractivity contribution in [1.29, 1.82) is 0 Å². The molecule has 4 heteroatoms. The number of allylic oxidation sites excluding steroid dienone is 7. The van der Waals surface area contributed by atoms with Crippen LogP contribution in [0.2, 0.25) is 0 Å². The molecule has 0 saturated carbocycles. The molecular weight excluding hydrogens is 423 g/mol. The second kappa shape index (κ2) is 9.98. The molecule has 1 heterocycles. The lowest BCUT2D eigenvalue weighted by atomic mass is 9.73. The lowest BCUT2D eigenvalue weighted by Crippen LogP contribution is -2.36. The van der Waals surface area contributed by atoms with Gasteiger partial charge in [-0.3, -0.25) is 9.89 Å². The minimum Gasteiger partial charge on any atom is -0.298 e. The van der Waals surface area contributed by atoms with E-state index in [4.69, 9.17) is 28.2 Å². The monoisotopic (exact) mass is 462 g/mol. The van der Waals surface area contributed by atoms with Crippen LogP contribution in [0.5, 0.6) is 0 Å². The van der Waals surface area contributed by atoms with E-state index in [0.29, 0.717) is 17.9 Å². The van der Waals surface area contributed by atoms with Crippen LogP contribution in [0.15, 0.2) is 50.5 Å². The second-order valence-corrected chi connectivity index (χ2v) is 12.5. The number of hydrogen-bond donors (Lipinski definition) is 0. The lowest BCUT2D eigenvalue weighted by Gasteiger charge is -2.33. The first-order chi connectivity index (χ1) is 14.4. The smallest absolute Gasteiger partial charge is 0.0541 e. The molecular formula is C27H40Cl2N2. The molecule has 3 atom stereocenters. The maximum Gasteiger partial charge on any atom is 0.0541 e. The molecule has 0 N–H and O–H groups in total. The maximum atomic E-state index is 6.27. The number of likely N-dealkylation sites (tertiary alicyclic amines) is 1. The van der Waals surface area contributed by atoms with Gasteiger partial charge in [-0.15, -0.1) is 0 Å². The number of hydrogen-bond acceptors (Lipinski definition) is 2. The third-order valence-electron chi connectivity index (χ3n) is 6.74. The van der Waals surface area contributed by atoms with E-state index in [1.807, 2.05) is 6.08 Å². The fourth-order valence-corrected chi connectivity index (χ4v) is 5.47. The van der Waals surface area contributed by atoms with E-state index in [9.17, 15) is 0 Å². The van der Waals surface area contributed by atoms with Gasteiger partial charge in [-0.2, -0.15) is 0 Å². The highest BCUT2D eigenvalue weighted by molar-refractivity contribution is 6.34. The molecule has 1 fully saturated rings. The van der Waals surface area contributed by atoms with Crippen LogP contribution in [0.1, 0.15) is 67.2 Å². The highest BCUT2D eigenvalue weighted by Gasteiger charge is 2.29. The van der Waals surface area contributed by atoms with Gasteiger partial charge in [0.2, 0.25) is 0 Å². The Morgan fingerprint density at radius 3 is 2.42 bits per heavy atom. The van der Waals surface area contributed by atoms with Crippen LogP contribution >= 0.6 is 23.2 Å². The molecule has 0 spiro atoms.